The number of hydrogen-bond acceptors (Lipinski definition) is 4. The van der Waals surface area contributed by atoms with Crippen molar-refractivity contribution >= 4 is 0 Å². The van der Waals surface area contributed by atoms with E-state index in [9.17, 15) is 5.11 Å². The Morgan fingerprint density at radius 2 is 1.42 bits per heavy atom. The van der Waals surface area contributed by atoms with Gasteiger partial charge in [-0.2, -0.15) is 0 Å². The van der Waals surface area contributed by atoms with E-state index < -0.39 is 6.10 Å². The summed E-state index contributed by atoms with van der Waals surface area (Å²) in [5, 5.41) is 10.2. The molecular weight excluding hydrogens is 300 g/mol. The predicted molar refractivity (Wildman–Crippen MR) is 96.1 cm³/mol. The summed E-state index contributed by atoms with van der Waals surface area (Å²) in [6.45, 7) is 6.10. The third kappa shape index (κ3) is 5.34. The van der Waals surface area contributed by atoms with Gasteiger partial charge in [-0.1, -0.05) is 48.5 Å². The van der Waals surface area contributed by atoms with Gasteiger partial charge in [-0.3, -0.25) is 9.80 Å². The Bertz CT molecular complexity index is 583. The lowest BCUT2D eigenvalue weighted by atomic mass is 10.2. The van der Waals surface area contributed by atoms with Gasteiger partial charge in [0.2, 0.25) is 0 Å². The molecule has 0 aromatic heterocycles. The SMILES string of the molecule is O[C@@H](COc1ccccc1)CN1CCN(Cc2ccccc2)CC1. The van der Waals surface area contributed by atoms with Gasteiger partial charge in [-0.05, 0) is 17.7 Å². The average Bonchev–Trinajstić information content (AvgIpc) is 2.63. The van der Waals surface area contributed by atoms with Crippen molar-refractivity contribution in [1.29, 1.82) is 0 Å². The summed E-state index contributed by atoms with van der Waals surface area (Å²) in [4.78, 5) is 4.79. The molecule has 128 valence electrons. The van der Waals surface area contributed by atoms with Crippen LogP contribution in [-0.4, -0.2) is 60.3 Å². The highest BCUT2D eigenvalue weighted by Crippen LogP contribution is 2.11. The number of nitrogens with zero attached hydrogens (tertiary/aromatic N) is 2. The van der Waals surface area contributed by atoms with Gasteiger partial charge in [0.15, 0.2) is 0 Å². The third-order valence-corrected chi connectivity index (χ3v) is 4.37. The summed E-state index contributed by atoms with van der Waals surface area (Å²) in [6.07, 6.45) is -0.453. The van der Waals surface area contributed by atoms with Gasteiger partial charge in [0.25, 0.3) is 0 Å². The normalized spacial score (nSPS) is 17.5. The maximum Gasteiger partial charge on any atom is 0.119 e. The molecule has 1 heterocycles. The Labute approximate surface area is 144 Å². The number of β-amino-alcohol motifs (C(OH)–C–C–N with tert-alkyl or cyclic N) is 1. The van der Waals surface area contributed by atoms with Crippen LogP contribution in [0.5, 0.6) is 5.75 Å². The van der Waals surface area contributed by atoms with E-state index in [1.54, 1.807) is 0 Å². The minimum Gasteiger partial charge on any atom is -0.491 e. The Morgan fingerprint density at radius 3 is 2.08 bits per heavy atom. The van der Waals surface area contributed by atoms with Crippen LogP contribution >= 0.6 is 0 Å². The predicted octanol–water partition coefficient (Wildman–Crippen LogP) is 2.24. The molecule has 1 fully saturated rings. The van der Waals surface area contributed by atoms with Gasteiger partial charge < -0.3 is 9.84 Å². The Balaban J connectivity index is 1.36. The van der Waals surface area contributed by atoms with Gasteiger partial charge in [-0.25, -0.2) is 0 Å². The van der Waals surface area contributed by atoms with Crippen molar-refractivity contribution in [2.75, 3.05) is 39.3 Å². The average molecular weight is 326 g/mol. The molecule has 2 aromatic carbocycles. The zero-order valence-corrected chi connectivity index (χ0v) is 14.1. The molecule has 1 aliphatic rings. The van der Waals surface area contributed by atoms with E-state index in [4.69, 9.17) is 4.74 Å². The van der Waals surface area contributed by atoms with E-state index in [-0.39, 0.29) is 0 Å². The number of hydrogen-bond donors (Lipinski definition) is 1. The zero-order chi connectivity index (χ0) is 16.6. The molecule has 1 saturated heterocycles. The van der Waals surface area contributed by atoms with Gasteiger partial charge in [0.1, 0.15) is 18.5 Å². The minimum atomic E-state index is -0.453. The lowest BCUT2D eigenvalue weighted by Gasteiger charge is -2.35. The molecule has 2 aromatic rings. The summed E-state index contributed by atoms with van der Waals surface area (Å²) in [5.74, 6) is 0.809. The second-order valence-electron chi connectivity index (χ2n) is 6.34. The molecule has 1 atom stereocenters. The van der Waals surface area contributed by atoms with E-state index in [0.29, 0.717) is 13.2 Å². The summed E-state index contributed by atoms with van der Waals surface area (Å²) in [7, 11) is 0. The highest BCUT2D eigenvalue weighted by molar-refractivity contribution is 5.20. The van der Waals surface area contributed by atoms with Crippen molar-refractivity contribution in [3.05, 3.63) is 66.2 Å². The summed E-state index contributed by atoms with van der Waals surface area (Å²) in [6, 6.07) is 20.3. The first-order valence-electron chi connectivity index (χ1n) is 8.64. The lowest BCUT2D eigenvalue weighted by Crippen LogP contribution is -2.48. The smallest absolute Gasteiger partial charge is 0.119 e. The van der Waals surface area contributed by atoms with E-state index in [1.165, 1.54) is 5.56 Å². The quantitative estimate of drug-likeness (QED) is 0.846. The number of benzene rings is 2. The molecule has 0 radical (unpaired) electrons. The van der Waals surface area contributed by atoms with Crippen molar-refractivity contribution in [2.45, 2.75) is 12.6 Å². The summed E-state index contributed by atoms with van der Waals surface area (Å²) < 4.78 is 5.62. The number of rotatable bonds is 7. The highest BCUT2D eigenvalue weighted by atomic mass is 16.5. The molecule has 3 rings (SSSR count). The maximum atomic E-state index is 10.2. The van der Waals surface area contributed by atoms with Gasteiger partial charge in [-0.15, -0.1) is 0 Å². The topological polar surface area (TPSA) is 35.9 Å². The molecular formula is C20H26N2O2. The first-order valence-corrected chi connectivity index (χ1v) is 8.64. The van der Waals surface area contributed by atoms with Crippen LogP contribution in [0.1, 0.15) is 5.56 Å². The standard InChI is InChI=1S/C20H26N2O2/c23-19(17-24-20-9-5-2-6-10-20)16-22-13-11-21(12-14-22)15-18-7-3-1-4-8-18/h1-10,19,23H,11-17H2/t19-/m1/s1. The third-order valence-electron chi connectivity index (χ3n) is 4.37. The van der Waals surface area contributed by atoms with E-state index in [1.807, 2.05) is 30.3 Å². The van der Waals surface area contributed by atoms with Gasteiger partial charge in [0, 0.05) is 39.3 Å². The second kappa shape index (κ2) is 8.83. The number of piperazine rings is 1. The van der Waals surface area contributed by atoms with Crippen molar-refractivity contribution in [2.24, 2.45) is 0 Å². The largest absolute Gasteiger partial charge is 0.491 e. The molecule has 0 bridgehead atoms. The van der Waals surface area contributed by atoms with Crippen molar-refractivity contribution < 1.29 is 9.84 Å². The van der Waals surface area contributed by atoms with Crippen LogP contribution in [0.15, 0.2) is 60.7 Å². The van der Waals surface area contributed by atoms with Crippen LogP contribution in [0.2, 0.25) is 0 Å². The molecule has 0 aliphatic carbocycles. The van der Waals surface area contributed by atoms with Crippen LogP contribution in [0.3, 0.4) is 0 Å². The van der Waals surface area contributed by atoms with Crippen molar-refractivity contribution in [3.63, 3.8) is 0 Å². The molecule has 0 amide bonds. The highest BCUT2D eigenvalue weighted by Gasteiger charge is 2.19. The molecule has 1 aliphatic heterocycles. The molecule has 0 saturated carbocycles. The molecule has 0 spiro atoms. The molecule has 0 unspecified atom stereocenters. The fourth-order valence-corrected chi connectivity index (χ4v) is 3.03. The Morgan fingerprint density at radius 1 is 0.833 bits per heavy atom. The van der Waals surface area contributed by atoms with E-state index in [0.717, 1.165) is 38.5 Å². The van der Waals surface area contributed by atoms with Crippen LogP contribution in [0, 0.1) is 0 Å². The van der Waals surface area contributed by atoms with Crippen LogP contribution in [0.25, 0.3) is 0 Å². The number of ether oxygens (including phenoxy) is 1. The summed E-state index contributed by atoms with van der Waals surface area (Å²) >= 11 is 0. The fourth-order valence-electron chi connectivity index (χ4n) is 3.03. The van der Waals surface area contributed by atoms with E-state index >= 15 is 0 Å². The maximum absolute atomic E-state index is 10.2. The zero-order valence-electron chi connectivity index (χ0n) is 14.1. The Kier molecular flexibility index (Phi) is 6.24. The number of para-hydroxylation sites is 1. The van der Waals surface area contributed by atoms with Gasteiger partial charge in [0.05, 0.1) is 0 Å². The monoisotopic (exact) mass is 326 g/mol. The van der Waals surface area contributed by atoms with E-state index in [2.05, 4.69) is 40.1 Å². The molecule has 1 N–H and O–H groups in total. The minimum absolute atomic E-state index is 0.342. The van der Waals surface area contributed by atoms with Crippen LogP contribution in [0.4, 0.5) is 0 Å². The second-order valence-corrected chi connectivity index (χ2v) is 6.34. The lowest BCUT2D eigenvalue weighted by molar-refractivity contribution is 0.0446. The van der Waals surface area contributed by atoms with Crippen LogP contribution in [-0.2, 0) is 6.54 Å². The van der Waals surface area contributed by atoms with Crippen molar-refractivity contribution in [1.82, 2.24) is 9.80 Å². The van der Waals surface area contributed by atoms with Crippen LogP contribution < -0.4 is 4.74 Å². The summed E-state index contributed by atoms with van der Waals surface area (Å²) in [5.41, 5.74) is 1.36. The number of aliphatic hydroxyl groups is 1. The molecule has 4 nitrogen and oxygen atoms in total. The molecule has 24 heavy (non-hydrogen) atoms. The van der Waals surface area contributed by atoms with Crippen molar-refractivity contribution in [3.8, 4) is 5.75 Å². The molecule has 4 heteroatoms. The van der Waals surface area contributed by atoms with Gasteiger partial charge >= 0.3 is 0 Å². The first-order chi connectivity index (χ1) is 11.8. The Hall–Kier alpha value is -1.88. The number of aliphatic hydroxyl groups excluding tert-OH is 1. The first kappa shape index (κ1) is 17.0. The fraction of sp³-hybridized carbons (Fsp3) is 0.400.